The van der Waals surface area contributed by atoms with E-state index in [2.05, 4.69) is 18.7 Å². The van der Waals surface area contributed by atoms with E-state index in [1.807, 2.05) is 36.4 Å². The van der Waals surface area contributed by atoms with Crippen molar-refractivity contribution < 1.29 is 9.15 Å². The van der Waals surface area contributed by atoms with Gasteiger partial charge in [0.2, 0.25) is 5.52 Å². The van der Waals surface area contributed by atoms with E-state index < -0.39 is 5.63 Å². The predicted molar refractivity (Wildman–Crippen MR) is 116 cm³/mol. The first-order valence-corrected chi connectivity index (χ1v) is 10.0. The molecule has 0 saturated heterocycles. The van der Waals surface area contributed by atoms with Crippen molar-refractivity contribution in [1.82, 2.24) is 0 Å². The lowest BCUT2D eigenvalue weighted by molar-refractivity contribution is -0.574. The Bertz CT molecular complexity index is 1240. The van der Waals surface area contributed by atoms with Crippen LogP contribution in [0.2, 0.25) is 0 Å². The van der Waals surface area contributed by atoms with E-state index in [0.717, 1.165) is 33.6 Å². The zero-order valence-electron chi connectivity index (χ0n) is 15.7. The quantitative estimate of drug-likeness (QED) is 0.282. The van der Waals surface area contributed by atoms with Crippen molar-refractivity contribution in [2.24, 2.45) is 0 Å². The molecule has 0 aliphatic rings. The molecule has 28 heavy (non-hydrogen) atoms. The topological polar surface area (TPSA) is 60.4 Å². The number of aromatic nitrogens is 1. The summed E-state index contributed by atoms with van der Waals surface area (Å²) in [6.07, 6.45) is 3.31. The van der Waals surface area contributed by atoms with Gasteiger partial charge in [0, 0.05) is 42.4 Å². The first kappa shape index (κ1) is 18.3. The number of thiazole rings is 1. The molecule has 0 unspecified atom stereocenters. The van der Waals surface area contributed by atoms with E-state index in [9.17, 15) is 10.0 Å². The Morgan fingerprint density at radius 2 is 1.89 bits per heavy atom. The summed E-state index contributed by atoms with van der Waals surface area (Å²) in [6, 6.07) is 15.1. The van der Waals surface area contributed by atoms with Crippen molar-refractivity contribution in [2.75, 3.05) is 18.0 Å². The van der Waals surface area contributed by atoms with Crippen molar-refractivity contribution in [1.29, 1.82) is 0 Å². The van der Waals surface area contributed by atoms with Crippen LogP contribution >= 0.6 is 11.3 Å². The molecule has 2 aromatic heterocycles. The van der Waals surface area contributed by atoms with E-state index in [0.29, 0.717) is 21.7 Å². The molecule has 5 nitrogen and oxygen atoms in total. The van der Waals surface area contributed by atoms with Crippen LogP contribution in [0.5, 0.6) is 0 Å². The summed E-state index contributed by atoms with van der Waals surface area (Å²) in [6.45, 7) is 5.96. The van der Waals surface area contributed by atoms with Gasteiger partial charge in [-0.3, -0.25) is 0 Å². The Morgan fingerprint density at radius 3 is 2.64 bits per heavy atom. The molecule has 6 heteroatoms. The van der Waals surface area contributed by atoms with Gasteiger partial charge in [-0.2, -0.15) is 4.73 Å². The number of anilines is 1. The second-order valence-electron chi connectivity index (χ2n) is 6.42. The molecule has 0 fully saturated rings. The minimum Gasteiger partial charge on any atom is -0.617 e. The summed E-state index contributed by atoms with van der Waals surface area (Å²) >= 11 is 1.39. The summed E-state index contributed by atoms with van der Waals surface area (Å²) in [4.78, 5) is 14.6. The second-order valence-corrected chi connectivity index (χ2v) is 7.48. The molecule has 0 radical (unpaired) electrons. The van der Waals surface area contributed by atoms with Gasteiger partial charge >= 0.3 is 5.63 Å². The molecule has 4 aromatic rings. The smallest absolute Gasteiger partial charge is 0.343 e. The van der Waals surface area contributed by atoms with E-state index in [-0.39, 0.29) is 0 Å². The Labute approximate surface area is 166 Å². The van der Waals surface area contributed by atoms with E-state index >= 15 is 0 Å². The molecule has 0 amide bonds. The molecule has 2 aromatic carbocycles. The van der Waals surface area contributed by atoms with Gasteiger partial charge in [0.15, 0.2) is 0 Å². The average molecular weight is 392 g/mol. The summed E-state index contributed by atoms with van der Waals surface area (Å²) in [5, 5.41) is 13.7. The third kappa shape index (κ3) is 3.27. The highest BCUT2D eigenvalue weighted by Gasteiger charge is 2.13. The molecular weight excluding hydrogens is 372 g/mol. The Balaban J connectivity index is 1.71. The summed E-state index contributed by atoms with van der Waals surface area (Å²) in [7, 11) is 0. The second kappa shape index (κ2) is 7.48. The van der Waals surface area contributed by atoms with Crippen LogP contribution in [0, 0.1) is 5.21 Å². The van der Waals surface area contributed by atoms with Gasteiger partial charge < -0.3 is 14.5 Å². The standard InChI is InChI=1S/C22H20N2O3S/c1-3-23(4-2)17-11-9-15-13-16(22(25)27-19(15)14-17)10-12-21-24(26)18-7-5-6-8-20(18)28-21/h5-14H,3-4H2,1-2H3/b12-10+. The zero-order valence-corrected chi connectivity index (χ0v) is 16.5. The Hall–Kier alpha value is -3.12. The number of nitrogens with zero attached hydrogens (tertiary/aromatic N) is 2. The van der Waals surface area contributed by atoms with E-state index in [4.69, 9.17) is 4.42 Å². The van der Waals surface area contributed by atoms with Gasteiger partial charge in [0.1, 0.15) is 10.3 Å². The van der Waals surface area contributed by atoms with Crippen LogP contribution in [0.4, 0.5) is 5.69 Å². The predicted octanol–water partition coefficient (Wildman–Crippen LogP) is 4.66. The minimum atomic E-state index is -0.418. The first-order chi connectivity index (χ1) is 13.6. The van der Waals surface area contributed by atoms with Gasteiger partial charge in [0.25, 0.3) is 5.01 Å². The van der Waals surface area contributed by atoms with Crippen LogP contribution in [0.25, 0.3) is 33.3 Å². The van der Waals surface area contributed by atoms with Crippen molar-refractivity contribution in [3.8, 4) is 0 Å². The van der Waals surface area contributed by atoms with E-state index in [1.54, 1.807) is 24.3 Å². The van der Waals surface area contributed by atoms with Crippen LogP contribution in [-0.4, -0.2) is 13.1 Å². The first-order valence-electron chi connectivity index (χ1n) is 9.22. The average Bonchev–Trinajstić information content (AvgIpc) is 3.03. The fourth-order valence-corrected chi connectivity index (χ4v) is 4.21. The molecular formula is C22H20N2O3S. The monoisotopic (exact) mass is 392 g/mol. The van der Waals surface area contributed by atoms with Crippen LogP contribution in [-0.2, 0) is 0 Å². The maximum atomic E-state index is 12.4. The largest absolute Gasteiger partial charge is 0.617 e. The van der Waals surface area contributed by atoms with Gasteiger partial charge in [-0.05, 0) is 44.2 Å². The summed E-state index contributed by atoms with van der Waals surface area (Å²) < 4.78 is 7.33. The number of hydrogen-bond acceptors (Lipinski definition) is 5. The maximum absolute atomic E-state index is 12.4. The van der Waals surface area contributed by atoms with Crippen LogP contribution < -0.4 is 15.3 Å². The fourth-order valence-electron chi connectivity index (χ4n) is 3.26. The molecule has 0 saturated carbocycles. The van der Waals surface area contributed by atoms with Crippen LogP contribution in [0.1, 0.15) is 24.4 Å². The molecule has 0 N–H and O–H groups in total. The van der Waals surface area contributed by atoms with Crippen molar-refractivity contribution >= 4 is 50.4 Å². The summed E-state index contributed by atoms with van der Waals surface area (Å²) in [5.74, 6) is 0. The SMILES string of the molecule is CCN(CC)c1ccc2cc(/C=C/c3sc4ccccc4[n+]3[O-])c(=O)oc2c1. The normalized spacial score (nSPS) is 11.6. The number of fused-ring (bicyclic) bond motifs is 2. The van der Waals surface area contributed by atoms with Crippen LogP contribution in [0.3, 0.4) is 0 Å². The van der Waals surface area contributed by atoms with Crippen molar-refractivity contribution in [3.05, 3.63) is 74.7 Å². The van der Waals surface area contributed by atoms with Crippen LogP contribution in [0.15, 0.2) is 57.7 Å². The molecule has 2 heterocycles. The maximum Gasteiger partial charge on any atom is 0.343 e. The van der Waals surface area contributed by atoms with Gasteiger partial charge in [-0.1, -0.05) is 23.5 Å². The highest BCUT2D eigenvalue weighted by atomic mass is 32.1. The third-order valence-corrected chi connectivity index (χ3v) is 5.86. The molecule has 0 aliphatic carbocycles. The highest BCUT2D eigenvalue weighted by molar-refractivity contribution is 7.18. The third-order valence-electron chi connectivity index (χ3n) is 4.78. The van der Waals surface area contributed by atoms with E-state index in [1.165, 1.54) is 11.3 Å². The lowest BCUT2D eigenvalue weighted by Gasteiger charge is -2.20. The zero-order chi connectivity index (χ0) is 19.7. The van der Waals surface area contributed by atoms with Gasteiger partial charge in [0.05, 0.1) is 5.56 Å². The number of benzene rings is 2. The lowest BCUT2D eigenvalue weighted by Crippen LogP contribution is -2.26. The minimum absolute atomic E-state index is 0.417. The van der Waals surface area contributed by atoms with Crippen molar-refractivity contribution in [3.63, 3.8) is 0 Å². The fraction of sp³-hybridized carbons (Fsp3) is 0.182. The molecule has 4 rings (SSSR count). The molecule has 142 valence electrons. The molecule has 0 aliphatic heterocycles. The lowest BCUT2D eigenvalue weighted by atomic mass is 10.1. The number of para-hydroxylation sites is 1. The van der Waals surface area contributed by atoms with Crippen molar-refractivity contribution in [2.45, 2.75) is 13.8 Å². The molecule has 0 atom stereocenters. The molecule has 0 bridgehead atoms. The molecule has 0 spiro atoms. The van der Waals surface area contributed by atoms with Gasteiger partial charge in [-0.15, -0.1) is 0 Å². The number of rotatable bonds is 5. The highest BCUT2D eigenvalue weighted by Crippen LogP contribution is 2.24. The Kier molecular flexibility index (Phi) is 4.88. The summed E-state index contributed by atoms with van der Waals surface area (Å²) in [5.41, 5.74) is 2.22. The van der Waals surface area contributed by atoms with Gasteiger partial charge in [-0.25, -0.2) is 4.79 Å². The number of hydrogen-bond donors (Lipinski definition) is 0. The Morgan fingerprint density at radius 1 is 1.11 bits per heavy atom.